The van der Waals surface area contributed by atoms with E-state index in [4.69, 9.17) is 0 Å². The van der Waals surface area contributed by atoms with Crippen LogP contribution in [0.1, 0.15) is 48.3 Å². The molecule has 0 aliphatic rings. The lowest BCUT2D eigenvalue weighted by molar-refractivity contribution is 0.0981. The van der Waals surface area contributed by atoms with Crippen LogP contribution in [-0.4, -0.2) is 25.3 Å². The van der Waals surface area contributed by atoms with Gasteiger partial charge in [0.05, 0.1) is 28.0 Å². The van der Waals surface area contributed by atoms with Gasteiger partial charge in [-0.25, -0.2) is 0 Å². The molecule has 0 N–H and O–H groups in total. The van der Waals surface area contributed by atoms with E-state index < -0.39 is 0 Å². The molecule has 0 bridgehead atoms. The molecule has 0 spiro atoms. The average molecular weight is 353 g/mol. The Morgan fingerprint density at radius 3 is 2.48 bits per heavy atom. The summed E-state index contributed by atoms with van der Waals surface area (Å²) in [6, 6.07) is 1.88. The Hall–Kier alpha value is -1.43. The summed E-state index contributed by atoms with van der Waals surface area (Å²) in [5, 5.41) is 8.87. The SMILES string of the molecule is CCc1cc(C(=O)Cc2c(Br)c(CC)nn2CC)n(C)n1. The van der Waals surface area contributed by atoms with Crippen molar-refractivity contribution in [2.75, 3.05) is 0 Å². The smallest absolute Gasteiger partial charge is 0.186 e. The first-order chi connectivity index (χ1) is 10.0. The lowest BCUT2D eigenvalue weighted by Crippen LogP contribution is -2.13. The topological polar surface area (TPSA) is 52.7 Å². The van der Waals surface area contributed by atoms with E-state index in [2.05, 4.69) is 33.1 Å². The van der Waals surface area contributed by atoms with Gasteiger partial charge in [-0.15, -0.1) is 0 Å². The zero-order chi connectivity index (χ0) is 15.6. The molecule has 0 saturated heterocycles. The summed E-state index contributed by atoms with van der Waals surface area (Å²) in [7, 11) is 1.82. The molecule has 0 saturated carbocycles. The number of hydrogen-bond acceptors (Lipinski definition) is 3. The summed E-state index contributed by atoms with van der Waals surface area (Å²) < 4.78 is 4.53. The van der Waals surface area contributed by atoms with E-state index in [0.29, 0.717) is 12.1 Å². The molecule has 21 heavy (non-hydrogen) atoms. The highest BCUT2D eigenvalue weighted by atomic mass is 79.9. The minimum atomic E-state index is 0.0719. The molecule has 0 aliphatic heterocycles. The number of aromatic nitrogens is 4. The van der Waals surface area contributed by atoms with Crippen LogP contribution in [0.2, 0.25) is 0 Å². The summed E-state index contributed by atoms with van der Waals surface area (Å²) in [6.45, 7) is 6.89. The van der Waals surface area contributed by atoms with Crippen molar-refractivity contribution in [3.63, 3.8) is 0 Å². The normalized spacial score (nSPS) is 11.1. The van der Waals surface area contributed by atoms with E-state index in [-0.39, 0.29) is 5.78 Å². The van der Waals surface area contributed by atoms with E-state index in [9.17, 15) is 4.79 Å². The Labute approximate surface area is 133 Å². The molecule has 5 nitrogen and oxygen atoms in total. The van der Waals surface area contributed by atoms with Gasteiger partial charge in [0.15, 0.2) is 5.78 Å². The summed E-state index contributed by atoms with van der Waals surface area (Å²) in [5.74, 6) is 0.0719. The summed E-state index contributed by atoms with van der Waals surface area (Å²) in [6.07, 6.45) is 2.02. The van der Waals surface area contributed by atoms with Gasteiger partial charge in [-0.3, -0.25) is 14.2 Å². The summed E-state index contributed by atoms with van der Waals surface area (Å²) in [4.78, 5) is 12.6. The van der Waals surface area contributed by atoms with Crippen LogP contribution in [0.25, 0.3) is 0 Å². The molecule has 0 radical (unpaired) electrons. The highest BCUT2D eigenvalue weighted by Crippen LogP contribution is 2.24. The average Bonchev–Trinajstić information content (AvgIpc) is 3.00. The number of ketones is 1. The van der Waals surface area contributed by atoms with Gasteiger partial charge in [0, 0.05) is 13.6 Å². The first-order valence-electron chi connectivity index (χ1n) is 7.31. The van der Waals surface area contributed by atoms with Crippen LogP contribution >= 0.6 is 15.9 Å². The van der Waals surface area contributed by atoms with E-state index in [1.165, 1.54) is 0 Å². The standard InChI is InChI=1S/C15H21BrN4O/c1-5-10-8-12(19(4)17-10)14(21)9-13-15(16)11(6-2)18-20(13)7-3/h8H,5-7,9H2,1-4H3. The second-order valence-electron chi connectivity index (χ2n) is 4.97. The van der Waals surface area contributed by atoms with Gasteiger partial charge in [-0.1, -0.05) is 13.8 Å². The molecule has 2 aromatic heterocycles. The molecule has 0 aliphatic carbocycles. The number of Topliss-reactive ketones (excluding diaryl/α,β-unsaturated/α-hetero) is 1. The Bertz CT molecular complexity index is 657. The number of nitrogens with zero attached hydrogens (tertiary/aromatic N) is 4. The number of carbonyl (C=O) groups excluding carboxylic acids is 1. The van der Waals surface area contributed by atoms with E-state index in [0.717, 1.165) is 40.9 Å². The predicted octanol–water partition coefficient (Wildman–Crippen LogP) is 2.95. The second-order valence-corrected chi connectivity index (χ2v) is 5.77. The molecular weight excluding hydrogens is 332 g/mol. The molecule has 2 rings (SSSR count). The maximum absolute atomic E-state index is 12.6. The van der Waals surface area contributed by atoms with Gasteiger partial charge in [-0.05, 0) is 41.8 Å². The molecule has 0 amide bonds. The zero-order valence-corrected chi connectivity index (χ0v) is 14.6. The first-order valence-corrected chi connectivity index (χ1v) is 8.11. The Morgan fingerprint density at radius 2 is 1.95 bits per heavy atom. The van der Waals surface area contributed by atoms with Crippen molar-refractivity contribution in [2.45, 2.75) is 46.6 Å². The molecule has 6 heteroatoms. The van der Waals surface area contributed by atoms with Crippen LogP contribution in [0.3, 0.4) is 0 Å². The van der Waals surface area contributed by atoms with Crippen molar-refractivity contribution >= 4 is 21.7 Å². The minimum absolute atomic E-state index is 0.0719. The fourth-order valence-corrected chi connectivity index (χ4v) is 3.09. The number of hydrogen-bond donors (Lipinski definition) is 0. The number of halogens is 1. The fourth-order valence-electron chi connectivity index (χ4n) is 2.39. The van der Waals surface area contributed by atoms with Crippen LogP contribution in [0.5, 0.6) is 0 Å². The number of rotatable bonds is 6. The van der Waals surface area contributed by atoms with Gasteiger partial charge < -0.3 is 0 Å². The fraction of sp³-hybridized carbons (Fsp3) is 0.533. The monoisotopic (exact) mass is 352 g/mol. The predicted molar refractivity (Wildman–Crippen MR) is 85.6 cm³/mol. The highest BCUT2D eigenvalue weighted by Gasteiger charge is 2.20. The van der Waals surface area contributed by atoms with Gasteiger partial charge in [0.2, 0.25) is 0 Å². The Balaban J connectivity index is 2.31. The number of aryl methyl sites for hydroxylation is 4. The lowest BCUT2D eigenvalue weighted by Gasteiger charge is -2.05. The van der Waals surface area contributed by atoms with Gasteiger partial charge in [0.1, 0.15) is 5.69 Å². The molecule has 0 fully saturated rings. The third kappa shape index (κ3) is 3.10. The van der Waals surface area contributed by atoms with E-state index >= 15 is 0 Å². The summed E-state index contributed by atoms with van der Waals surface area (Å²) in [5.41, 5.74) is 3.54. The molecule has 0 atom stereocenters. The van der Waals surface area contributed by atoms with Crippen molar-refractivity contribution in [2.24, 2.45) is 7.05 Å². The van der Waals surface area contributed by atoms with Crippen molar-refractivity contribution in [1.29, 1.82) is 0 Å². The van der Waals surface area contributed by atoms with Crippen molar-refractivity contribution in [3.05, 3.63) is 33.3 Å². The van der Waals surface area contributed by atoms with Crippen LogP contribution in [0, 0.1) is 0 Å². The Morgan fingerprint density at radius 1 is 1.24 bits per heavy atom. The Kier molecular flexibility index (Phi) is 4.98. The van der Waals surface area contributed by atoms with Crippen molar-refractivity contribution < 1.29 is 4.79 Å². The maximum Gasteiger partial charge on any atom is 0.186 e. The van der Waals surface area contributed by atoms with Gasteiger partial charge in [0.25, 0.3) is 0 Å². The number of carbonyl (C=O) groups is 1. The largest absolute Gasteiger partial charge is 0.292 e. The van der Waals surface area contributed by atoms with Crippen LogP contribution in [0.4, 0.5) is 0 Å². The van der Waals surface area contributed by atoms with Crippen molar-refractivity contribution in [1.82, 2.24) is 19.6 Å². The lowest BCUT2D eigenvalue weighted by atomic mass is 10.1. The molecule has 2 aromatic rings. The van der Waals surface area contributed by atoms with Crippen LogP contribution in [-0.2, 0) is 32.9 Å². The second kappa shape index (κ2) is 6.56. The maximum atomic E-state index is 12.6. The molecule has 114 valence electrons. The summed E-state index contributed by atoms with van der Waals surface area (Å²) >= 11 is 3.58. The van der Waals surface area contributed by atoms with Gasteiger partial charge in [-0.2, -0.15) is 10.2 Å². The van der Waals surface area contributed by atoms with Crippen LogP contribution < -0.4 is 0 Å². The van der Waals surface area contributed by atoms with Crippen LogP contribution in [0.15, 0.2) is 10.5 Å². The molecular formula is C15H21BrN4O. The quantitative estimate of drug-likeness (QED) is 0.751. The third-order valence-electron chi connectivity index (χ3n) is 3.60. The minimum Gasteiger partial charge on any atom is -0.292 e. The zero-order valence-electron chi connectivity index (χ0n) is 13.0. The van der Waals surface area contributed by atoms with E-state index in [1.54, 1.807) is 4.68 Å². The third-order valence-corrected chi connectivity index (χ3v) is 4.52. The van der Waals surface area contributed by atoms with Gasteiger partial charge >= 0.3 is 0 Å². The van der Waals surface area contributed by atoms with Crippen molar-refractivity contribution in [3.8, 4) is 0 Å². The molecule has 2 heterocycles. The first kappa shape index (κ1) is 15.9. The highest BCUT2D eigenvalue weighted by molar-refractivity contribution is 9.10. The molecule has 0 aromatic carbocycles. The molecule has 0 unspecified atom stereocenters. The van der Waals surface area contributed by atoms with E-state index in [1.807, 2.05) is 31.6 Å².